The fourth-order valence-corrected chi connectivity index (χ4v) is 2.28. The molecule has 3 rings (SSSR count). The first-order valence-electron chi connectivity index (χ1n) is 6.42. The number of H-pyrrole nitrogens is 1. The van der Waals surface area contributed by atoms with Gasteiger partial charge in [0.2, 0.25) is 5.75 Å². The molecule has 5 nitrogen and oxygen atoms in total. The van der Waals surface area contributed by atoms with Crippen LogP contribution in [0.2, 0.25) is 0 Å². The summed E-state index contributed by atoms with van der Waals surface area (Å²) < 4.78 is 16.1. The summed E-state index contributed by atoms with van der Waals surface area (Å²) >= 11 is 0. The van der Waals surface area contributed by atoms with Gasteiger partial charge in [0, 0.05) is 29.4 Å². The van der Waals surface area contributed by atoms with E-state index in [2.05, 4.69) is 16.0 Å². The first-order valence-corrected chi connectivity index (χ1v) is 6.42. The Bertz CT molecular complexity index is 755. The standard InChI is InChI=1S/C16H15N2O3/c1-19-13-7-11(8-14(20-2)15(13)21-3)12-6-10-4-5-17-16(10)18-9-12/h5-9H,1-3H3,(H,17,18). The lowest BCUT2D eigenvalue weighted by Gasteiger charge is -2.14. The lowest BCUT2D eigenvalue weighted by Crippen LogP contribution is -1.95. The maximum Gasteiger partial charge on any atom is 0.203 e. The van der Waals surface area contributed by atoms with Crippen LogP contribution >= 0.6 is 0 Å². The molecule has 107 valence electrons. The molecule has 0 saturated carbocycles. The predicted octanol–water partition coefficient (Wildman–Crippen LogP) is 3.06. The molecule has 21 heavy (non-hydrogen) atoms. The van der Waals surface area contributed by atoms with E-state index < -0.39 is 0 Å². The van der Waals surface area contributed by atoms with Crippen molar-refractivity contribution < 1.29 is 14.2 Å². The third-order valence-corrected chi connectivity index (χ3v) is 3.32. The number of ether oxygens (including phenoxy) is 3. The number of pyridine rings is 1. The van der Waals surface area contributed by atoms with Crippen LogP contribution in [0, 0.1) is 6.07 Å². The van der Waals surface area contributed by atoms with Gasteiger partial charge in [-0.3, -0.25) is 0 Å². The smallest absolute Gasteiger partial charge is 0.203 e. The molecule has 0 aliphatic carbocycles. The minimum atomic E-state index is 0.575. The van der Waals surface area contributed by atoms with Crippen molar-refractivity contribution in [3.05, 3.63) is 36.7 Å². The van der Waals surface area contributed by atoms with Crippen LogP contribution in [0.15, 0.2) is 30.6 Å². The summed E-state index contributed by atoms with van der Waals surface area (Å²) in [6, 6.07) is 8.92. The van der Waals surface area contributed by atoms with E-state index in [1.54, 1.807) is 33.7 Å². The summed E-state index contributed by atoms with van der Waals surface area (Å²) in [4.78, 5) is 7.40. The zero-order valence-corrected chi connectivity index (χ0v) is 12.1. The van der Waals surface area contributed by atoms with Crippen molar-refractivity contribution in [1.29, 1.82) is 0 Å². The fourth-order valence-electron chi connectivity index (χ4n) is 2.28. The third kappa shape index (κ3) is 2.27. The van der Waals surface area contributed by atoms with Gasteiger partial charge in [0.05, 0.1) is 21.3 Å². The molecule has 0 spiro atoms. The van der Waals surface area contributed by atoms with E-state index in [-0.39, 0.29) is 0 Å². The number of benzene rings is 1. The molecule has 2 heterocycles. The SMILES string of the molecule is COc1cc(-c2cnc3[nH]c[c]c3c2)cc(OC)c1OC. The Kier molecular flexibility index (Phi) is 3.39. The van der Waals surface area contributed by atoms with Crippen molar-refractivity contribution in [2.75, 3.05) is 21.3 Å². The van der Waals surface area contributed by atoms with Crippen LogP contribution in [0.5, 0.6) is 17.2 Å². The molecule has 5 heteroatoms. The number of hydrogen-bond donors (Lipinski definition) is 1. The van der Waals surface area contributed by atoms with Gasteiger partial charge in [0.1, 0.15) is 5.65 Å². The molecule has 1 aromatic carbocycles. The molecule has 0 unspecified atom stereocenters. The van der Waals surface area contributed by atoms with Gasteiger partial charge in [-0.05, 0) is 23.8 Å². The fraction of sp³-hybridized carbons (Fsp3) is 0.188. The van der Waals surface area contributed by atoms with Gasteiger partial charge in [0.15, 0.2) is 11.5 Å². The van der Waals surface area contributed by atoms with Crippen molar-refractivity contribution in [2.24, 2.45) is 0 Å². The van der Waals surface area contributed by atoms with E-state index in [0.717, 1.165) is 22.2 Å². The molecule has 0 amide bonds. The quantitative estimate of drug-likeness (QED) is 0.799. The molecule has 1 radical (unpaired) electrons. The van der Waals surface area contributed by atoms with Gasteiger partial charge in [-0.1, -0.05) is 0 Å². The molecule has 0 saturated heterocycles. The van der Waals surface area contributed by atoms with Crippen molar-refractivity contribution in [3.63, 3.8) is 0 Å². The van der Waals surface area contributed by atoms with Gasteiger partial charge in [-0.2, -0.15) is 0 Å². The summed E-state index contributed by atoms with van der Waals surface area (Å²) in [6.07, 6.45) is 3.55. The highest BCUT2D eigenvalue weighted by Gasteiger charge is 2.14. The zero-order chi connectivity index (χ0) is 14.8. The van der Waals surface area contributed by atoms with Crippen molar-refractivity contribution in [3.8, 4) is 28.4 Å². The first-order chi connectivity index (χ1) is 10.3. The van der Waals surface area contributed by atoms with E-state index in [1.165, 1.54) is 0 Å². The molecule has 0 fully saturated rings. The second kappa shape index (κ2) is 5.36. The topological polar surface area (TPSA) is 56.4 Å². The molecule has 0 aliphatic rings. The summed E-state index contributed by atoms with van der Waals surface area (Å²) in [5, 5.41) is 0.932. The van der Waals surface area contributed by atoms with E-state index in [4.69, 9.17) is 14.2 Å². The molecular weight excluding hydrogens is 268 g/mol. The minimum absolute atomic E-state index is 0.575. The number of aromatic amines is 1. The highest BCUT2D eigenvalue weighted by Crippen LogP contribution is 2.41. The average Bonchev–Trinajstić information content (AvgIpc) is 3.00. The van der Waals surface area contributed by atoms with Gasteiger partial charge < -0.3 is 19.2 Å². The van der Waals surface area contributed by atoms with Crippen LogP contribution in [-0.2, 0) is 0 Å². The Morgan fingerprint density at radius 3 is 2.29 bits per heavy atom. The van der Waals surface area contributed by atoms with E-state index in [9.17, 15) is 0 Å². The largest absolute Gasteiger partial charge is 0.493 e. The first kappa shape index (κ1) is 13.3. The van der Waals surface area contributed by atoms with Crippen LogP contribution < -0.4 is 14.2 Å². The van der Waals surface area contributed by atoms with Crippen LogP contribution in [0.25, 0.3) is 22.2 Å². The second-order valence-electron chi connectivity index (χ2n) is 4.47. The van der Waals surface area contributed by atoms with Gasteiger partial charge in [-0.15, -0.1) is 0 Å². The van der Waals surface area contributed by atoms with Crippen LogP contribution in [0.3, 0.4) is 0 Å². The van der Waals surface area contributed by atoms with Gasteiger partial charge in [0.25, 0.3) is 0 Å². The number of hydrogen-bond acceptors (Lipinski definition) is 4. The molecule has 0 atom stereocenters. The Morgan fingerprint density at radius 1 is 0.952 bits per heavy atom. The maximum absolute atomic E-state index is 5.37. The summed E-state index contributed by atoms with van der Waals surface area (Å²) in [6.45, 7) is 0. The van der Waals surface area contributed by atoms with Gasteiger partial charge >= 0.3 is 0 Å². The van der Waals surface area contributed by atoms with Gasteiger partial charge in [-0.25, -0.2) is 4.98 Å². The molecule has 3 aromatic rings. The van der Waals surface area contributed by atoms with E-state index in [1.807, 2.05) is 18.2 Å². The van der Waals surface area contributed by atoms with Crippen molar-refractivity contribution >= 4 is 11.0 Å². The Labute approximate surface area is 122 Å². The van der Waals surface area contributed by atoms with E-state index in [0.29, 0.717) is 17.2 Å². The minimum Gasteiger partial charge on any atom is -0.493 e. The maximum atomic E-state index is 5.37. The van der Waals surface area contributed by atoms with Crippen LogP contribution in [-0.4, -0.2) is 31.3 Å². The number of fused-ring (bicyclic) bond motifs is 1. The van der Waals surface area contributed by atoms with Crippen LogP contribution in [0.4, 0.5) is 0 Å². The number of nitrogens with one attached hydrogen (secondary N) is 1. The van der Waals surface area contributed by atoms with E-state index >= 15 is 0 Å². The molecule has 2 aromatic heterocycles. The molecular formula is C16H15N2O3. The highest BCUT2D eigenvalue weighted by atomic mass is 16.5. The summed E-state index contributed by atoms with van der Waals surface area (Å²) in [7, 11) is 4.79. The molecule has 1 N–H and O–H groups in total. The molecule has 0 aliphatic heterocycles. The Morgan fingerprint density at radius 2 is 1.67 bits per heavy atom. The predicted molar refractivity (Wildman–Crippen MR) is 80.0 cm³/mol. The average molecular weight is 283 g/mol. The Balaban J connectivity index is 2.16. The number of aromatic nitrogens is 2. The summed E-state index contributed by atoms with van der Waals surface area (Å²) in [5.74, 6) is 1.81. The lowest BCUT2D eigenvalue weighted by atomic mass is 10.1. The number of methoxy groups -OCH3 is 3. The Hall–Kier alpha value is -2.69. The van der Waals surface area contributed by atoms with Crippen LogP contribution in [0.1, 0.15) is 0 Å². The number of rotatable bonds is 4. The second-order valence-corrected chi connectivity index (χ2v) is 4.47. The monoisotopic (exact) mass is 283 g/mol. The summed E-state index contributed by atoms with van der Waals surface area (Å²) in [5.41, 5.74) is 2.71. The third-order valence-electron chi connectivity index (χ3n) is 3.32. The zero-order valence-electron chi connectivity index (χ0n) is 12.1. The van der Waals surface area contributed by atoms with Crippen molar-refractivity contribution in [1.82, 2.24) is 9.97 Å². The number of nitrogens with zero attached hydrogens (tertiary/aromatic N) is 1. The highest BCUT2D eigenvalue weighted by molar-refractivity contribution is 5.82. The lowest BCUT2D eigenvalue weighted by molar-refractivity contribution is 0.324. The van der Waals surface area contributed by atoms with Crippen molar-refractivity contribution in [2.45, 2.75) is 0 Å². The molecule has 0 bridgehead atoms. The normalized spacial score (nSPS) is 10.6.